The van der Waals surface area contributed by atoms with Gasteiger partial charge in [-0.15, -0.1) is 0 Å². The lowest BCUT2D eigenvalue weighted by Crippen LogP contribution is -2.15. The minimum Gasteiger partial charge on any atom is -0.433 e. The lowest BCUT2D eigenvalue weighted by Gasteiger charge is -2.19. The number of carbonyl (C=O) groups is 1. The zero-order chi connectivity index (χ0) is 17.0. The normalized spacial score (nSPS) is 11.4. The summed E-state index contributed by atoms with van der Waals surface area (Å²) in [6, 6.07) is 13.3. The Morgan fingerprint density at radius 3 is 2.22 bits per heavy atom. The van der Waals surface area contributed by atoms with Crippen LogP contribution >= 0.6 is 0 Å². The molecule has 0 aliphatic carbocycles. The summed E-state index contributed by atoms with van der Waals surface area (Å²) in [7, 11) is 0. The van der Waals surface area contributed by atoms with Crippen LogP contribution in [0, 0.1) is 0 Å². The van der Waals surface area contributed by atoms with Crippen molar-refractivity contribution in [2.75, 3.05) is 5.32 Å². The Bertz CT molecular complexity index is 676. The third-order valence-corrected chi connectivity index (χ3v) is 3.36. The molecule has 2 rings (SSSR count). The van der Waals surface area contributed by atoms with Gasteiger partial charge >= 0.3 is 6.61 Å². The molecule has 1 amide bonds. The van der Waals surface area contributed by atoms with Gasteiger partial charge < -0.3 is 10.1 Å². The molecular weight excluding hydrogens is 300 g/mol. The van der Waals surface area contributed by atoms with Crippen LogP contribution in [0.1, 0.15) is 36.7 Å². The van der Waals surface area contributed by atoms with Gasteiger partial charge in [0, 0.05) is 5.56 Å². The van der Waals surface area contributed by atoms with E-state index in [2.05, 4.69) is 30.8 Å². The summed E-state index contributed by atoms with van der Waals surface area (Å²) in [6.45, 7) is 3.30. The second kappa shape index (κ2) is 6.77. The summed E-state index contributed by atoms with van der Waals surface area (Å²) in [6.07, 6.45) is 0. The van der Waals surface area contributed by atoms with Crippen LogP contribution in [0.4, 0.5) is 14.5 Å². The number of nitrogens with one attached hydrogen (secondary N) is 1. The highest BCUT2D eigenvalue weighted by Gasteiger charge is 2.15. The first-order valence-corrected chi connectivity index (χ1v) is 7.23. The predicted molar refractivity (Wildman–Crippen MR) is 86.2 cm³/mol. The van der Waals surface area contributed by atoms with E-state index in [-0.39, 0.29) is 22.8 Å². The second-order valence-electron chi connectivity index (χ2n) is 6.16. The number of benzene rings is 2. The summed E-state index contributed by atoms with van der Waals surface area (Å²) in [5.74, 6) is -0.446. The van der Waals surface area contributed by atoms with Crippen molar-refractivity contribution in [2.45, 2.75) is 32.8 Å². The zero-order valence-electron chi connectivity index (χ0n) is 13.3. The number of alkyl halides is 2. The molecule has 2 aromatic carbocycles. The third-order valence-electron chi connectivity index (χ3n) is 3.36. The maximum absolute atomic E-state index is 12.4. The first-order chi connectivity index (χ1) is 10.8. The number of anilines is 1. The molecule has 0 atom stereocenters. The van der Waals surface area contributed by atoms with Crippen molar-refractivity contribution in [3.05, 3.63) is 59.7 Å². The number of carbonyl (C=O) groups excluding carboxylic acids is 1. The first kappa shape index (κ1) is 16.9. The topological polar surface area (TPSA) is 38.3 Å². The molecule has 0 fully saturated rings. The third kappa shape index (κ3) is 4.52. The number of amides is 1. The van der Waals surface area contributed by atoms with E-state index in [4.69, 9.17) is 0 Å². The first-order valence-electron chi connectivity index (χ1n) is 7.23. The van der Waals surface area contributed by atoms with E-state index >= 15 is 0 Å². The number of para-hydroxylation sites is 2. The fraction of sp³-hybridized carbons (Fsp3) is 0.278. The fourth-order valence-corrected chi connectivity index (χ4v) is 2.08. The quantitative estimate of drug-likeness (QED) is 0.876. The van der Waals surface area contributed by atoms with E-state index in [1.54, 1.807) is 24.3 Å². The predicted octanol–water partition coefficient (Wildman–Crippen LogP) is 4.84. The van der Waals surface area contributed by atoms with Gasteiger partial charge in [0.25, 0.3) is 5.91 Å². The van der Waals surface area contributed by atoms with E-state index < -0.39 is 6.61 Å². The Morgan fingerprint density at radius 2 is 1.65 bits per heavy atom. The smallest absolute Gasteiger partial charge is 0.387 e. The summed E-state index contributed by atoms with van der Waals surface area (Å²) in [5.41, 5.74) is 1.75. The van der Waals surface area contributed by atoms with Gasteiger partial charge in [0.15, 0.2) is 0 Å². The summed E-state index contributed by atoms with van der Waals surface area (Å²) < 4.78 is 29.2. The molecular formula is C18H19F2NO2. The highest BCUT2D eigenvalue weighted by Crippen LogP contribution is 2.26. The minimum absolute atomic E-state index is 0.00723. The second-order valence-corrected chi connectivity index (χ2v) is 6.16. The number of ether oxygens (including phenoxy) is 1. The molecule has 0 aliphatic rings. The van der Waals surface area contributed by atoms with Crippen molar-refractivity contribution in [1.82, 2.24) is 0 Å². The standard InChI is InChI=1S/C18H19F2NO2/c1-18(2,3)13-10-8-12(9-11-13)16(22)21-14-6-4-5-7-15(14)23-17(19)20/h4-11,17H,1-3H3,(H,21,22). The van der Waals surface area contributed by atoms with Crippen molar-refractivity contribution < 1.29 is 18.3 Å². The molecule has 0 saturated carbocycles. The summed E-state index contributed by atoms with van der Waals surface area (Å²) in [5, 5.41) is 2.59. The lowest BCUT2D eigenvalue weighted by atomic mass is 9.87. The number of hydrogen-bond donors (Lipinski definition) is 1. The molecule has 0 radical (unpaired) electrons. The molecule has 1 N–H and O–H groups in total. The average molecular weight is 319 g/mol. The van der Waals surface area contributed by atoms with Gasteiger partial charge in [0.05, 0.1) is 5.69 Å². The average Bonchev–Trinajstić information content (AvgIpc) is 2.48. The number of halogens is 2. The molecule has 3 nitrogen and oxygen atoms in total. The molecule has 0 saturated heterocycles. The number of rotatable bonds is 4. The van der Waals surface area contributed by atoms with Crippen molar-refractivity contribution in [3.8, 4) is 5.75 Å². The van der Waals surface area contributed by atoms with Crippen LogP contribution in [0.2, 0.25) is 0 Å². The van der Waals surface area contributed by atoms with Crippen LogP contribution in [0.25, 0.3) is 0 Å². The van der Waals surface area contributed by atoms with Gasteiger partial charge in [-0.1, -0.05) is 45.0 Å². The maximum Gasteiger partial charge on any atom is 0.387 e. The Labute approximate surface area is 134 Å². The minimum atomic E-state index is -2.95. The van der Waals surface area contributed by atoms with E-state index in [1.807, 2.05) is 12.1 Å². The Balaban J connectivity index is 2.16. The molecule has 23 heavy (non-hydrogen) atoms. The van der Waals surface area contributed by atoms with Crippen LogP contribution in [0.3, 0.4) is 0 Å². The monoisotopic (exact) mass is 319 g/mol. The molecule has 5 heteroatoms. The van der Waals surface area contributed by atoms with E-state index in [0.717, 1.165) is 5.56 Å². The van der Waals surface area contributed by atoms with Crippen LogP contribution < -0.4 is 10.1 Å². The van der Waals surface area contributed by atoms with Gasteiger partial charge in [-0.25, -0.2) is 0 Å². The van der Waals surface area contributed by atoms with E-state index in [1.165, 1.54) is 12.1 Å². The van der Waals surface area contributed by atoms with E-state index in [0.29, 0.717) is 5.56 Å². The SMILES string of the molecule is CC(C)(C)c1ccc(C(=O)Nc2ccccc2OC(F)F)cc1. The molecule has 0 spiro atoms. The molecule has 2 aromatic rings. The Hall–Kier alpha value is -2.43. The molecule has 0 bridgehead atoms. The summed E-state index contributed by atoms with van der Waals surface area (Å²) >= 11 is 0. The molecule has 122 valence electrons. The summed E-state index contributed by atoms with van der Waals surface area (Å²) in [4.78, 5) is 12.3. The Morgan fingerprint density at radius 1 is 1.04 bits per heavy atom. The van der Waals surface area contributed by atoms with E-state index in [9.17, 15) is 13.6 Å². The Kier molecular flexibility index (Phi) is 4.98. The van der Waals surface area contributed by atoms with Gasteiger partial charge in [-0.2, -0.15) is 8.78 Å². The van der Waals surface area contributed by atoms with Crippen molar-refractivity contribution in [3.63, 3.8) is 0 Å². The highest BCUT2D eigenvalue weighted by molar-refractivity contribution is 6.05. The molecule has 0 aliphatic heterocycles. The molecule has 0 heterocycles. The van der Waals surface area contributed by atoms with Crippen molar-refractivity contribution >= 4 is 11.6 Å². The van der Waals surface area contributed by atoms with Crippen LogP contribution in [-0.4, -0.2) is 12.5 Å². The van der Waals surface area contributed by atoms with Crippen molar-refractivity contribution in [1.29, 1.82) is 0 Å². The largest absolute Gasteiger partial charge is 0.433 e. The van der Waals surface area contributed by atoms with Gasteiger partial charge in [0.2, 0.25) is 0 Å². The zero-order valence-corrected chi connectivity index (χ0v) is 13.3. The van der Waals surface area contributed by atoms with Crippen LogP contribution in [0.5, 0.6) is 5.75 Å². The molecule has 0 unspecified atom stereocenters. The highest BCUT2D eigenvalue weighted by atomic mass is 19.3. The van der Waals surface area contributed by atoms with Gasteiger partial charge in [-0.3, -0.25) is 4.79 Å². The van der Waals surface area contributed by atoms with Gasteiger partial charge in [0.1, 0.15) is 5.75 Å². The lowest BCUT2D eigenvalue weighted by molar-refractivity contribution is -0.0493. The fourth-order valence-electron chi connectivity index (χ4n) is 2.08. The molecule has 0 aromatic heterocycles. The number of hydrogen-bond acceptors (Lipinski definition) is 2. The van der Waals surface area contributed by atoms with Crippen LogP contribution in [-0.2, 0) is 5.41 Å². The maximum atomic E-state index is 12.4. The van der Waals surface area contributed by atoms with Crippen LogP contribution in [0.15, 0.2) is 48.5 Å². The van der Waals surface area contributed by atoms with Crippen molar-refractivity contribution in [2.24, 2.45) is 0 Å². The van der Waals surface area contributed by atoms with Gasteiger partial charge in [-0.05, 0) is 35.2 Å².